The Bertz CT molecular complexity index is 905. The van der Waals surface area contributed by atoms with Crippen molar-refractivity contribution in [1.29, 1.82) is 0 Å². The summed E-state index contributed by atoms with van der Waals surface area (Å²) in [6.07, 6.45) is 0. The third-order valence-corrected chi connectivity index (χ3v) is 5.05. The SMILES string of the molecule is Cc1ccc(-c2csc(N)n2)cc1.O=S(=O)(O)c1ccc(Br)cc1. The molecule has 0 saturated carbocycles. The van der Waals surface area contributed by atoms with Crippen molar-refractivity contribution < 1.29 is 13.0 Å². The van der Waals surface area contributed by atoms with Crippen molar-refractivity contribution in [3.8, 4) is 11.3 Å². The van der Waals surface area contributed by atoms with Gasteiger partial charge in [0, 0.05) is 15.4 Å². The molecular weight excluding hydrogens is 412 g/mol. The minimum atomic E-state index is -4.04. The number of nitrogens with zero attached hydrogens (tertiary/aromatic N) is 1. The van der Waals surface area contributed by atoms with Crippen molar-refractivity contribution in [1.82, 2.24) is 4.98 Å². The highest BCUT2D eigenvalue weighted by Gasteiger charge is 2.07. The molecule has 3 rings (SSSR count). The fourth-order valence-corrected chi connectivity index (χ4v) is 3.07. The van der Waals surface area contributed by atoms with Crippen molar-refractivity contribution in [2.45, 2.75) is 11.8 Å². The predicted molar refractivity (Wildman–Crippen MR) is 101 cm³/mol. The van der Waals surface area contributed by atoms with E-state index in [0.29, 0.717) is 5.13 Å². The summed E-state index contributed by atoms with van der Waals surface area (Å²) in [5.41, 5.74) is 8.89. The van der Waals surface area contributed by atoms with Gasteiger partial charge in [-0.05, 0) is 31.2 Å². The maximum atomic E-state index is 10.5. The molecule has 2 aromatic carbocycles. The highest BCUT2D eigenvalue weighted by molar-refractivity contribution is 9.10. The molecule has 1 heterocycles. The van der Waals surface area contributed by atoms with Crippen molar-refractivity contribution in [3.05, 3.63) is 63.9 Å². The molecule has 24 heavy (non-hydrogen) atoms. The quantitative estimate of drug-likeness (QED) is 0.592. The fraction of sp³-hybridized carbons (Fsp3) is 0.0625. The summed E-state index contributed by atoms with van der Waals surface area (Å²) in [4.78, 5) is 4.11. The Morgan fingerprint density at radius 1 is 1.08 bits per heavy atom. The van der Waals surface area contributed by atoms with E-state index in [2.05, 4.69) is 52.1 Å². The van der Waals surface area contributed by atoms with Crippen molar-refractivity contribution in [2.75, 3.05) is 5.73 Å². The van der Waals surface area contributed by atoms with Crippen LogP contribution in [-0.2, 0) is 10.1 Å². The van der Waals surface area contributed by atoms with Gasteiger partial charge in [0.1, 0.15) is 0 Å². The minimum Gasteiger partial charge on any atom is -0.375 e. The Balaban J connectivity index is 0.000000177. The molecule has 3 aromatic rings. The lowest BCUT2D eigenvalue weighted by molar-refractivity contribution is 0.483. The first-order valence-electron chi connectivity index (χ1n) is 6.77. The van der Waals surface area contributed by atoms with Gasteiger partial charge in [0.15, 0.2) is 5.13 Å². The number of thiazole rings is 1. The van der Waals surface area contributed by atoms with E-state index in [4.69, 9.17) is 10.3 Å². The van der Waals surface area contributed by atoms with Gasteiger partial charge in [-0.1, -0.05) is 45.8 Å². The van der Waals surface area contributed by atoms with Gasteiger partial charge in [-0.25, -0.2) is 4.98 Å². The lowest BCUT2D eigenvalue weighted by atomic mass is 10.1. The van der Waals surface area contributed by atoms with Crippen LogP contribution in [0.4, 0.5) is 5.13 Å². The molecule has 0 amide bonds. The average Bonchev–Trinajstić information content (AvgIpc) is 2.95. The summed E-state index contributed by atoms with van der Waals surface area (Å²) in [5.74, 6) is 0. The molecule has 0 fully saturated rings. The smallest absolute Gasteiger partial charge is 0.294 e. The van der Waals surface area contributed by atoms with Crippen LogP contribution in [-0.4, -0.2) is 18.0 Å². The standard InChI is InChI=1S/C10H10N2S.C6H5BrO3S/c1-7-2-4-8(5-3-7)9-6-13-10(11)12-9;7-5-1-3-6(4-2-5)11(8,9)10/h2-6H,1H3,(H2,11,12);1-4H,(H,8,9,10). The molecular formula is C16H15BrN2O3S2. The van der Waals surface area contributed by atoms with E-state index in [1.165, 1.54) is 29.0 Å². The van der Waals surface area contributed by atoms with Crippen LogP contribution in [0.2, 0.25) is 0 Å². The first kappa shape index (κ1) is 18.6. The maximum absolute atomic E-state index is 10.5. The van der Waals surface area contributed by atoms with Crippen molar-refractivity contribution in [2.24, 2.45) is 0 Å². The highest BCUT2D eigenvalue weighted by atomic mass is 79.9. The summed E-state index contributed by atoms with van der Waals surface area (Å²) in [7, 11) is -4.04. The number of benzene rings is 2. The minimum absolute atomic E-state index is 0.0966. The zero-order valence-corrected chi connectivity index (χ0v) is 15.9. The molecule has 0 aliphatic carbocycles. The molecule has 0 saturated heterocycles. The van der Waals surface area contributed by atoms with Gasteiger partial charge < -0.3 is 5.73 Å². The second-order valence-corrected chi connectivity index (χ2v) is 8.09. The number of aromatic nitrogens is 1. The summed E-state index contributed by atoms with van der Waals surface area (Å²) in [5, 5.41) is 2.59. The van der Waals surface area contributed by atoms with Crippen LogP contribution < -0.4 is 5.73 Å². The molecule has 0 spiro atoms. The number of aryl methyl sites for hydroxylation is 1. The Labute approximate surface area is 153 Å². The zero-order valence-electron chi connectivity index (χ0n) is 12.7. The molecule has 0 radical (unpaired) electrons. The number of nitrogen functional groups attached to an aromatic ring is 1. The van der Waals surface area contributed by atoms with Crippen LogP contribution in [0.1, 0.15) is 5.56 Å². The van der Waals surface area contributed by atoms with E-state index in [1.54, 1.807) is 12.1 Å². The van der Waals surface area contributed by atoms with E-state index in [0.717, 1.165) is 15.7 Å². The third-order valence-electron chi connectivity index (χ3n) is 2.98. The molecule has 1 aromatic heterocycles. The molecule has 0 aliphatic rings. The molecule has 0 aliphatic heterocycles. The predicted octanol–water partition coefficient (Wildman–Crippen LogP) is 4.40. The molecule has 0 unspecified atom stereocenters. The number of hydrogen-bond acceptors (Lipinski definition) is 5. The molecule has 8 heteroatoms. The van der Waals surface area contributed by atoms with Crippen molar-refractivity contribution >= 4 is 42.5 Å². The average molecular weight is 427 g/mol. The van der Waals surface area contributed by atoms with Gasteiger partial charge in [-0.2, -0.15) is 8.42 Å². The Morgan fingerprint density at radius 3 is 2.12 bits per heavy atom. The van der Waals surface area contributed by atoms with E-state index in [-0.39, 0.29) is 4.90 Å². The van der Waals surface area contributed by atoms with Gasteiger partial charge in [-0.3, -0.25) is 4.55 Å². The summed E-state index contributed by atoms with van der Waals surface area (Å²) < 4.78 is 30.3. The van der Waals surface area contributed by atoms with Gasteiger partial charge in [0.2, 0.25) is 0 Å². The normalized spacial score (nSPS) is 10.8. The topological polar surface area (TPSA) is 93.3 Å². The van der Waals surface area contributed by atoms with Crippen LogP contribution in [0.3, 0.4) is 0 Å². The Hall–Kier alpha value is -1.74. The largest absolute Gasteiger partial charge is 0.375 e. The first-order chi connectivity index (χ1) is 11.3. The van der Waals surface area contributed by atoms with Gasteiger partial charge in [0.25, 0.3) is 10.1 Å². The van der Waals surface area contributed by atoms with Crippen LogP contribution in [0, 0.1) is 6.92 Å². The highest BCUT2D eigenvalue weighted by Crippen LogP contribution is 2.22. The van der Waals surface area contributed by atoms with Crippen LogP contribution in [0.25, 0.3) is 11.3 Å². The summed E-state index contributed by atoms with van der Waals surface area (Å²) in [6, 6.07) is 14.0. The maximum Gasteiger partial charge on any atom is 0.294 e. The van der Waals surface area contributed by atoms with Crippen LogP contribution >= 0.6 is 27.3 Å². The number of nitrogens with two attached hydrogens (primary N) is 1. The lowest BCUT2D eigenvalue weighted by Gasteiger charge is -1.96. The first-order valence-corrected chi connectivity index (χ1v) is 9.88. The van der Waals surface area contributed by atoms with Crippen LogP contribution in [0.15, 0.2) is 63.3 Å². The van der Waals surface area contributed by atoms with E-state index < -0.39 is 10.1 Å². The monoisotopic (exact) mass is 426 g/mol. The number of rotatable bonds is 2. The molecule has 0 atom stereocenters. The lowest BCUT2D eigenvalue weighted by Crippen LogP contribution is -1.96. The van der Waals surface area contributed by atoms with Gasteiger partial charge in [-0.15, -0.1) is 11.3 Å². The second-order valence-electron chi connectivity index (χ2n) is 4.87. The number of anilines is 1. The fourth-order valence-electron chi connectivity index (χ4n) is 1.75. The molecule has 0 bridgehead atoms. The zero-order chi connectivity index (χ0) is 17.7. The molecule has 5 nitrogen and oxygen atoms in total. The number of halogens is 1. The second kappa shape index (κ2) is 7.89. The molecule has 3 N–H and O–H groups in total. The summed E-state index contributed by atoms with van der Waals surface area (Å²) >= 11 is 4.61. The van der Waals surface area contributed by atoms with Gasteiger partial charge in [0.05, 0.1) is 10.6 Å². The third kappa shape index (κ3) is 5.41. The van der Waals surface area contributed by atoms with Crippen LogP contribution in [0.5, 0.6) is 0 Å². The van der Waals surface area contributed by atoms with Gasteiger partial charge >= 0.3 is 0 Å². The van der Waals surface area contributed by atoms with Crippen molar-refractivity contribution in [3.63, 3.8) is 0 Å². The molecule has 126 valence electrons. The Morgan fingerprint density at radius 2 is 1.67 bits per heavy atom. The van der Waals surface area contributed by atoms with E-state index in [1.807, 2.05) is 5.38 Å². The summed E-state index contributed by atoms with van der Waals surface area (Å²) in [6.45, 7) is 2.07. The van der Waals surface area contributed by atoms with E-state index >= 15 is 0 Å². The van der Waals surface area contributed by atoms with E-state index in [9.17, 15) is 8.42 Å². The number of hydrogen-bond donors (Lipinski definition) is 2. The Kier molecular flexibility index (Phi) is 6.11.